The van der Waals surface area contributed by atoms with Crippen LogP contribution in [0.15, 0.2) is 36.7 Å². The van der Waals surface area contributed by atoms with Crippen LogP contribution >= 0.6 is 0 Å². The van der Waals surface area contributed by atoms with Gasteiger partial charge in [0.15, 0.2) is 0 Å². The van der Waals surface area contributed by atoms with E-state index in [-0.39, 0.29) is 5.91 Å². The van der Waals surface area contributed by atoms with E-state index in [1.54, 1.807) is 0 Å². The third kappa shape index (κ3) is 4.43. The van der Waals surface area contributed by atoms with E-state index < -0.39 is 0 Å². The number of rotatable bonds is 7. The maximum Gasteiger partial charge on any atom is 0.225 e. The van der Waals surface area contributed by atoms with Gasteiger partial charge >= 0.3 is 0 Å². The van der Waals surface area contributed by atoms with Gasteiger partial charge in [-0.05, 0) is 24.7 Å². The summed E-state index contributed by atoms with van der Waals surface area (Å²) in [6, 6.07) is 7.96. The summed E-state index contributed by atoms with van der Waals surface area (Å²) in [7, 11) is 1.84. The Bertz CT molecular complexity index is 619. The van der Waals surface area contributed by atoms with Crippen molar-refractivity contribution in [3.8, 4) is 0 Å². The van der Waals surface area contributed by atoms with E-state index in [1.165, 1.54) is 0 Å². The van der Waals surface area contributed by atoms with Crippen LogP contribution in [0.25, 0.3) is 0 Å². The van der Waals surface area contributed by atoms with Gasteiger partial charge in [0.1, 0.15) is 5.82 Å². The van der Waals surface area contributed by atoms with Gasteiger partial charge in [-0.1, -0.05) is 26.0 Å². The topological polar surface area (TPSA) is 59.0 Å². The quantitative estimate of drug-likeness (QED) is 0.826. The van der Waals surface area contributed by atoms with E-state index in [9.17, 15) is 4.79 Å². The van der Waals surface area contributed by atoms with Gasteiger partial charge in [-0.2, -0.15) is 0 Å². The molecule has 0 radical (unpaired) electrons. The molecule has 0 saturated heterocycles. The number of nitrogens with zero attached hydrogens (tertiary/aromatic N) is 2. The number of carbonyl (C=O) groups is 1. The summed E-state index contributed by atoms with van der Waals surface area (Å²) in [5.41, 5.74) is 1.98. The van der Waals surface area contributed by atoms with Crippen LogP contribution in [0, 0.1) is 0 Å². The molecule has 118 valence electrons. The van der Waals surface area contributed by atoms with E-state index in [2.05, 4.69) is 40.1 Å². The molecule has 1 aromatic carbocycles. The highest BCUT2D eigenvalue weighted by Gasteiger charge is 2.08. The minimum atomic E-state index is 0.0250. The number of aromatic nitrogens is 2. The Labute approximate surface area is 131 Å². The largest absolute Gasteiger partial charge is 0.330 e. The monoisotopic (exact) mass is 300 g/mol. The summed E-state index contributed by atoms with van der Waals surface area (Å²) >= 11 is 0. The van der Waals surface area contributed by atoms with Crippen LogP contribution in [-0.2, 0) is 11.3 Å². The maximum atomic E-state index is 11.8. The predicted molar refractivity (Wildman–Crippen MR) is 89.0 cm³/mol. The minimum absolute atomic E-state index is 0.0250. The lowest BCUT2D eigenvalue weighted by atomic mass is 10.1. The predicted octanol–water partition coefficient (Wildman–Crippen LogP) is 2.60. The molecule has 0 fully saturated rings. The number of nitrogens with one attached hydrogen (secondary N) is 2. The zero-order chi connectivity index (χ0) is 15.9. The molecule has 1 aromatic heterocycles. The zero-order valence-corrected chi connectivity index (χ0v) is 13.5. The van der Waals surface area contributed by atoms with Gasteiger partial charge in [-0.15, -0.1) is 0 Å². The van der Waals surface area contributed by atoms with Crippen LogP contribution < -0.4 is 10.6 Å². The third-order valence-electron chi connectivity index (χ3n) is 3.43. The highest BCUT2D eigenvalue weighted by atomic mass is 16.1. The normalized spacial score (nSPS) is 10.9. The summed E-state index contributed by atoms with van der Waals surface area (Å²) in [5, 5.41) is 5.90. The van der Waals surface area contributed by atoms with Crippen LogP contribution in [0.1, 0.15) is 37.6 Å². The number of amides is 1. The molecule has 0 bridgehead atoms. The van der Waals surface area contributed by atoms with E-state index in [0.717, 1.165) is 23.6 Å². The second kappa shape index (κ2) is 7.75. The van der Waals surface area contributed by atoms with Crippen molar-refractivity contribution in [1.82, 2.24) is 14.9 Å². The third-order valence-corrected chi connectivity index (χ3v) is 3.43. The lowest BCUT2D eigenvalue weighted by Crippen LogP contribution is -2.18. The number of imidazole rings is 1. The van der Waals surface area contributed by atoms with Gasteiger partial charge in [-0.25, -0.2) is 4.98 Å². The number of hydrogen-bond acceptors (Lipinski definition) is 3. The van der Waals surface area contributed by atoms with Gasteiger partial charge in [0, 0.05) is 43.5 Å². The van der Waals surface area contributed by atoms with Crippen LogP contribution in [-0.4, -0.2) is 29.1 Å². The van der Waals surface area contributed by atoms with Gasteiger partial charge in [0.05, 0.1) is 0 Å². The first kappa shape index (κ1) is 16.2. The first-order valence-electron chi connectivity index (χ1n) is 7.64. The molecule has 22 heavy (non-hydrogen) atoms. The highest BCUT2D eigenvalue weighted by molar-refractivity contribution is 5.90. The molecule has 0 saturated carbocycles. The molecule has 0 aliphatic rings. The molecular weight excluding hydrogens is 276 g/mol. The highest BCUT2D eigenvalue weighted by Crippen LogP contribution is 2.16. The Hall–Kier alpha value is -2.14. The molecule has 1 heterocycles. The van der Waals surface area contributed by atoms with Crippen molar-refractivity contribution in [2.24, 2.45) is 0 Å². The Kier molecular flexibility index (Phi) is 5.72. The molecule has 2 aromatic rings. The summed E-state index contributed by atoms with van der Waals surface area (Å²) < 4.78 is 2.15. The Morgan fingerprint density at radius 3 is 2.91 bits per heavy atom. The van der Waals surface area contributed by atoms with E-state index in [1.807, 2.05) is 37.6 Å². The van der Waals surface area contributed by atoms with Crippen molar-refractivity contribution >= 4 is 11.6 Å². The van der Waals surface area contributed by atoms with Gasteiger partial charge in [0.2, 0.25) is 5.91 Å². The van der Waals surface area contributed by atoms with E-state index >= 15 is 0 Å². The fourth-order valence-electron chi connectivity index (χ4n) is 2.36. The molecule has 2 rings (SSSR count). The van der Waals surface area contributed by atoms with E-state index in [0.29, 0.717) is 18.9 Å². The van der Waals surface area contributed by atoms with Crippen LogP contribution in [0.4, 0.5) is 5.69 Å². The van der Waals surface area contributed by atoms with Crippen molar-refractivity contribution in [2.45, 2.75) is 32.7 Å². The van der Waals surface area contributed by atoms with Crippen molar-refractivity contribution in [3.05, 3.63) is 48.0 Å². The lowest BCUT2D eigenvalue weighted by molar-refractivity contribution is -0.116. The molecular formula is C17H24N4O. The fraction of sp³-hybridized carbons (Fsp3) is 0.412. The molecule has 0 unspecified atom stereocenters. The van der Waals surface area contributed by atoms with Crippen molar-refractivity contribution in [3.63, 3.8) is 0 Å². The Morgan fingerprint density at radius 1 is 1.36 bits per heavy atom. The number of benzene rings is 1. The molecule has 5 heteroatoms. The van der Waals surface area contributed by atoms with Crippen molar-refractivity contribution in [2.75, 3.05) is 18.9 Å². The van der Waals surface area contributed by atoms with E-state index in [4.69, 9.17) is 0 Å². The smallest absolute Gasteiger partial charge is 0.225 e. The lowest BCUT2D eigenvalue weighted by Gasteiger charge is -2.12. The summed E-state index contributed by atoms with van der Waals surface area (Å²) in [6.45, 7) is 5.71. The van der Waals surface area contributed by atoms with Crippen LogP contribution in [0.2, 0.25) is 0 Å². The summed E-state index contributed by atoms with van der Waals surface area (Å²) in [6.07, 6.45) is 4.30. The number of anilines is 1. The number of carbonyl (C=O) groups excluding carboxylic acids is 1. The average molecular weight is 300 g/mol. The standard InChI is InChI=1S/C17H24N4O/c1-13(2)17-19-9-10-21(17)12-14-5-4-6-15(11-14)20-16(22)7-8-18-3/h4-6,9-11,13,18H,7-8,12H2,1-3H3,(H,20,22). The number of hydrogen-bond donors (Lipinski definition) is 2. The molecule has 5 nitrogen and oxygen atoms in total. The summed E-state index contributed by atoms with van der Waals surface area (Å²) in [4.78, 5) is 16.2. The summed E-state index contributed by atoms with van der Waals surface area (Å²) in [5.74, 6) is 1.49. The SMILES string of the molecule is CNCCC(=O)Nc1cccc(Cn2ccnc2C(C)C)c1. The fourth-order valence-corrected chi connectivity index (χ4v) is 2.36. The van der Waals surface area contributed by atoms with Crippen molar-refractivity contribution in [1.29, 1.82) is 0 Å². The molecule has 0 spiro atoms. The molecule has 1 amide bonds. The molecule has 0 atom stereocenters. The molecule has 0 aliphatic carbocycles. The first-order chi connectivity index (χ1) is 10.6. The second-order valence-electron chi connectivity index (χ2n) is 5.67. The zero-order valence-electron chi connectivity index (χ0n) is 13.5. The maximum absolute atomic E-state index is 11.8. The van der Waals surface area contributed by atoms with Crippen molar-refractivity contribution < 1.29 is 4.79 Å². The Morgan fingerprint density at radius 2 is 2.18 bits per heavy atom. The average Bonchev–Trinajstić information content (AvgIpc) is 2.94. The van der Waals surface area contributed by atoms with Gasteiger partial charge < -0.3 is 15.2 Å². The van der Waals surface area contributed by atoms with Gasteiger partial charge in [-0.3, -0.25) is 4.79 Å². The molecule has 0 aliphatic heterocycles. The second-order valence-corrected chi connectivity index (χ2v) is 5.67. The first-order valence-corrected chi connectivity index (χ1v) is 7.64. The van der Waals surface area contributed by atoms with Crippen LogP contribution in [0.3, 0.4) is 0 Å². The Balaban J connectivity index is 2.05. The minimum Gasteiger partial charge on any atom is -0.330 e. The van der Waals surface area contributed by atoms with Gasteiger partial charge in [0.25, 0.3) is 0 Å². The van der Waals surface area contributed by atoms with Crippen LogP contribution in [0.5, 0.6) is 0 Å². The molecule has 2 N–H and O–H groups in total.